The molecule has 0 fully saturated rings. The van der Waals surface area contributed by atoms with Crippen molar-refractivity contribution in [2.45, 2.75) is 19.8 Å². The topological polar surface area (TPSA) is 25.2 Å². The van der Waals surface area contributed by atoms with E-state index in [1.54, 1.807) is 0 Å². The minimum atomic E-state index is 1.01. The normalized spacial score (nSPS) is 11.1. The van der Waals surface area contributed by atoms with Gasteiger partial charge in [0.05, 0.1) is 6.26 Å². The molecule has 0 aliphatic carbocycles. The van der Waals surface area contributed by atoms with Gasteiger partial charge in [0.25, 0.3) is 0 Å². The van der Waals surface area contributed by atoms with Crippen molar-refractivity contribution in [2.75, 3.05) is 13.6 Å². The third-order valence-electron chi connectivity index (χ3n) is 2.74. The van der Waals surface area contributed by atoms with Gasteiger partial charge in [0.15, 0.2) is 0 Å². The minimum Gasteiger partial charge on any atom is -0.464 e. The molecule has 1 aromatic heterocycles. The van der Waals surface area contributed by atoms with Gasteiger partial charge in [-0.25, -0.2) is 0 Å². The van der Waals surface area contributed by atoms with Crippen LogP contribution in [-0.4, -0.2) is 13.6 Å². The Labute approximate surface area is 90.3 Å². The summed E-state index contributed by atoms with van der Waals surface area (Å²) in [5.74, 6) is 0. The van der Waals surface area contributed by atoms with Crippen LogP contribution in [0.4, 0.5) is 0 Å². The van der Waals surface area contributed by atoms with Crippen LogP contribution in [0.25, 0.3) is 11.0 Å². The molecule has 0 spiro atoms. The van der Waals surface area contributed by atoms with Crippen molar-refractivity contribution in [1.82, 2.24) is 5.32 Å². The van der Waals surface area contributed by atoms with Crippen molar-refractivity contribution < 1.29 is 4.42 Å². The molecule has 0 saturated carbocycles. The summed E-state index contributed by atoms with van der Waals surface area (Å²) in [6, 6.07) is 6.30. The van der Waals surface area contributed by atoms with Crippen LogP contribution < -0.4 is 5.32 Å². The van der Waals surface area contributed by atoms with Gasteiger partial charge >= 0.3 is 0 Å². The molecule has 0 atom stereocenters. The molecule has 1 aromatic carbocycles. The minimum absolute atomic E-state index is 1.01. The molecule has 0 amide bonds. The Bertz CT molecular complexity index is 445. The van der Waals surface area contributed by atoms with Gasteiger partial charge < -0.3 is 9.73 Å². The van der Waals surface area contributed by atoms with Crippen molar-refractivity contribution in [3.63, 3.8) is 0 Å². The Kier molecular flexibility index (Phi) is 3.07. The van der Waals surface area contributed by atoms with E-state index in [4.69, 9.17) is 4.42 Å². The van der Waals surface area contributed by atoms with Gasteiger partial charge in [-0.1, -0.05) is 12.1 Å². The summed E-state index contributed by atoms with van der Waals surface area (Å²) in [4.78, 5) is 0. The van der Waals surface area contributed by atoms with Crippen molar-refractivity contribution in [3.05, 3.63) is 35.6 Å². The smallest absolute Gasteiger partial charge is 0.134 e. The summed E-state index contributed by atoms with van der Waals surface area (Å²) in [5.41, 5.74) is 3.65. The molecule has 0 unspecified atom stereocenters. The van der Waals surface area contributed by atoms with E-state index in [1.807, 2.05) is 19.4 Å². The van der Waals surface area contributed by atoms with Crippen molar-refractivity contribution in [1.29, 1.82) is 0 Å². The summed E-state index contributed by atoms with van der Waals surface area (Å²) in [6.07, 6.45) is 4.12. The first-order valence-electron chi connectivity index (χ1n) is 5.43. The Morgan fingerprint density at radius 2 is 2.20 bits per heavy atom. The number of benzene rings is 1. The predicted octanol–water partition coefficient (Wildman–Crippen LogP) is 2.89. The lowest BCUT2D eigenvalue weighted by molar-refractivity contribution is 0.613. The summed E-state index contributed by atoms with van der Waals surface area (Å²) in [6.45, 7) is 3.17. The molecule has 1 heterocycles. The fraction of sp³-hybridized carbons (Fsp3) is 0.385. The second kappa shape index (κ2) is 4.49. The third kappa shape index (κ3) is 2.05. The van der Waals surface area contributed by atoms with E-state index in [-0.39, 0.29) is 0 Å². The first-order chi connectivity index (χ1) is 7.33. The molecule has 0 aliphatic rings. The van der Waals surface area contributed by atoms with E-state index < -0.39 is 0 Å². The molecule has 0 saturated heterocycles. The highest BCUT2D eigenvalue weighted by atomic mass is 16.3. The zero-order valence-electron chi connectivity index (χ0n) is 9.34. The van der Waals surface area contributed by atoms with Crippen LogP contribution in [0.1, 0.15) is 17.5 Å². The maximum absolute atomic E-state index is 5.48. The van der Waals surface area contributed by atoms with Gasteiger partial charge in [-0.2, -0.15) is 0 Å². The standard InChI is InChI=1S/C13H17NO/c1-10-9-15-12-7-3-5-11(13(10)12)6-4-8-14-2/h3,5,7,9,14H,4,6,8H2,1-2H3. The Hall–Kier alpha value is -1.28. The molecular weight excluding hydrogens is 186 g/mol. The molecule has 1 N–H and O–H groups in total. The van der Waals surface area contributed by atoms with Crippen LogP contribution >= 0.6 is 0 Å². The van der Waals surface area contributed by atoms with Crippen LogP contribution in [0.5, 0.6) is 0 Å². The molecular formula is C13H17NO. The summed E-state index contributed by atoms with van der Waals surface area (Å²) in [7, 11) is 1.99. The second-order valence-electron chi connectivity index (χ2n) is 3.92. The quantitative estimate of drug-likeness (QED) is 0.773. The average molecular weight is 203 g/mol. The molecule has 2 aromatic rings. The van der Waals surface area contributed by atoms with E-state index >= 15 is 0 Å². The highest BCUT2D eigenvalue weighted by molar-refractivity contribution is 5.84. The summed E-state index contributed by atoms with van der Waals surface area (Å²) >= 11 is 0. The largest absolute Gasteiger partial charge is 0.464 e. The molecule has 80 valence electrons. The Balaban J connectivity index is 2.29. The Morgan fingerprint density at radius 1 is 1.33 bits per heavy atom. The zero-order valence-corrected chi connectivity index (χ0v) is 9.34. The van der Waals surface area contributed by atoms with Gasteiger partial charge in [-0.15, -0.1) is 0 Å². The number of rotatable bonds is 4. The van der Waals surface area contributed by atoms with Gasteiger partial charge in [-0.3, -0.25) is 0 Å². The fourth-order valence-electron chi connectivity index (χ4n) is 2.00. The first-order valence-corrected chi connectivity index (χ1v) is 5.43. The fourth-order valence-corrected chi connectivity index (χ4v) is 2.00. The highest BCUT2D eigenvalue weighted by Gasteiger charge is 2.06. The lowest BCUT2D eigenvalue weighted by Gasteiger charge is -2.03. The lowest BCUT2D eigenvalue weighted by atomic mass is 10.0. The SMILES string of the molecule is CNCCCc1cccc2occ(C)c12. The van der Waals surface area contributed by atoms with Crippen molar-refractivity contribution >= 4 is 11.0 Å². The van der Waals surface area contributed by atoms with Gasteiger partial charge in [0.1, 0.15) is 5.58 Å². The first kappa shape index (κ1) is 10.2. The molecule has 0 aliphatic heterocycles. The molecule has 2 heteroatoms. The number of fused-ring (bicyclic) bond motifs is 1. The van der Waals surface area contributed by atoms with Crippen LogP contribution in [0.15, 0.2) is 28.9 Å². The van der Waals surface area contributed by atoms with Crippen molar-refractivity contribution in [2.24, 2.45) is 0 Å². The van der Waals surface area contributed by atoms with Crippen LogP contribution in [0, 0.1) is 6.92 Å². The lowest BCUT2D eigenvalue weighted by Crippen LogP contribution is -2.08. The maximum Gasteiger partial charge on any atom is 0.134 e. The van der Waals surface area contributed by atoms with Gasteiger partial charge in [-0.05, 0) is 50.6 Å². The van der Waals surface area contributed by atoms with Crippen LogP contribution in [0.2, 0.25) is 0 Å². The molecule has 15 heavy (non-hydrogen) atoms. The van der Waals surface area contributed by atoms with Crippen molar-refractivity contribution in [3.8, 4) is 0 Å². The van der Waals surface area contributed by atoms with E-state index in [1.165, 1.54) is 22.9 Å². The highest BCUT2D eigenvalue weighted by Crippen LogP contribution is 2.25. The van der Waals surface area contributed by atoms with Gasteiger partial charge in [0.2, 0.25) is 0 Å². The molecule has 0 bridgehead atoms. The van der Waals surface area contributed by atoms with Crippen LogP contribution in [0.3, 0.4) is 0 Å². The van der Waals surface area contributed by atoms with E-state index in [9.17, 15) is 0 Å². The predicted molar refractivity (Wildman–Crippen MR) is 63.2 cm³/mol. The third-order valence-corrected chi connectivity index (χ3v) is 2.74. The number of hydrogen-bond donors (Lipinski definition) is 1. The number of aryl methyl sites for hydroxylation is 2. The molecule has 2 rings (SSSR count). The van der Waals surface area contributed by atoms with E-state index in [0.717, 1.165) is 18.5 Å². The Morgan fingerprint density at radius 3 is 3.00 bits per heavy atom. The monoisotopic (exact) mass is 203 g/mol. The van der Waals surface area contributed by atoms with Crippen LogP contribution in [-0.2, 0) is 6.42 Å². The molecule has 0 radical (unpaired) electrons. The average Bonchev–Trinajstić information content (AvgIpc) is 2.62. The maximum atomic E-state index is 5.48. The van der Waals surface area contributed by atoms with Gasteiger partial charge in [0, 0.05) is 5.39 Å². The second-order valence-corrected chi connectivity index (χ2v) is 3.92. The summed E-state index contributed by atoms with van der Waals surface area (Å²) < 4.78 is 5.48. The number of furan rings is 1. The number of nitrogens with one attached hydrogen (secondary N) is 1. The molecule has 2 nitrogen and oxygen atoms in total. The zero-order chi connectivity index (χ0) is 10.7. The number of hydrogen-bond acceptors (Lipinski definition) is 2. The van der Waals surface area contributed by atoms with E-state index in [0.29, 0.717) is 0 Å². The van der Waals surface area contributed by atoms with E-state index in [2.05, 4.69) is 24.4 Å². The summed E-state index contributed by atoms with van der Waals surface area (Å²) in [5, 5.41) is 4.47.